The molecule has 0 spiro atoms. The van der Waals surface area contributed by atoms with E-state index in [-0.39, 0.29) is 0 Å². The number of nitrogen functional groups attached to an aromatic ring is 1. The molecule has 2 heterocycles. The Morgan fingerprint density at radius 3 is 2.50 bits per heavy atom. The molecule has 0 saturated heterocycles. The summed E-state index contributed by atoms with van der Waals surface area (Å²) in [7, 11) is 0. The van der Waals surface area contributed by atoms with Crippen molar-refractivity contribution < 1.29 is 4.79 Å². The first-order chi connectivity index (χ1) is 7.61. The first-order valence-corrected chi connectivity index (χ1v) is 5.52. The second-order valence-electron chi connectivity index (χ2n) is 3.40. The normalized spacial score (nSPS) is 10.3. The third-order valence-electron chi connectivity index (χ3n) is 2.36. The quantitative estimate of drug-likeness (QED) is 0.829. The van der Waals surface area contributed by atoms with Gasteiger partial charge in [-0.2, -0.15) is 0 Å². The van der Waals surface area contributed by atoms with Crippen molar-refractivity contribution in [1.82, 2.24) is 4.98 Å². The van der Waals surface area contributed by atoms with Crippen LogP contribution < -0.4 is 11.5 Å². The molecule has 4 N–H and O–H groups in total. The lowest BCUT2D eigenvalue weighted by atomic mass is 10.1. The van der Waals surface area contributed by atoms with Crippen molar-refractivity contribution in [3.63, 3.8) is 0 Å². The molecule has 2 aromatic heterocycles. The molecule has 2 rings (SSSR count). The summed E-state index contributed by atoms with van der Waals surface area (Å²) >= 11 is 1.37. The minimum atomic E-state index is -0.480. The molecule has 0 aliphatic rings. The van der Waals surface area contributed by atoms with Gasteiger partial charge in [-0.25, -0.2) is 0 Å². The Kier molecular flexibility index (Phi) is 2.62. The van der Waals surface area contributed by atoms with E-state index in [4.69, 9.17) is 11.5 Å². The van der Waals surface area contributed by atoms with Gasteiger partial charge in [-0.1, -0.05) is 0 Å². The summed E-state index contributed by atoms with van der Waals surface area (Å²) in [6.45, 7) is 1.85. The summed E-state index contributed by atoms with van der Waals surface area (Å²) < 4.78 is 0. The Labute approximate surface area is 96.9 Å². The minimum absolute atomic E-state index is 0.428. The Balaban J connectivity index is 2.61. The Morgan fingerprint density at radius 1 is 1.38 bits per heavy atom. The van der Waals surface area contributed by atoms with Gasteiger partial charge in [0.15, 0.2) is 0 Å². The van der Waals surface area contributed by atoms with Gasteiger partial charge in [-0.05, 0) is 30.2 Å². The number of anilines is 1. The van der Waals surface area contributed by atoms with Crippen molar-refractivity contribution in [2.24, 2.45) is 5.73 Å². The zero-order chi connectivity index (χ0) is 11.7. The van der Waals surface area contributed by atoms with E-state index in [1.165, 1.54) is 11.3 Å². The van der Waals surface area contributed by atoms with Gasteiger partial charge in [-0.15, -0.1) is 11.3 Å². The van der Waals surface area contributed by atoms with Crippen LogP contribution in [0.15, 0.2) is 24.5 Å². The highest BCUT2D eigenvalue weighted by Gasteiger charge is 2.17. The van der Waals surface area contributed by atoms with Crippen molar-refractivity contribution >= 4 is 22.2 Å². The molecule has 0 atom stereocenters. The van der Waals surface area contributed by atoms with Gasteiger partial charge in [0.25, 0.3) is 5.91 Å². The predicted octanol–water partition coefficient (Wildman–Crippen LogP) is 1.80. The summed E-state index contributed by atoms with van der Waals surface area (Å²) in [5.74, 6) is -0.480. The van der Waals surface area contributed by atoms with Crippen molar-refractivity contribution in [1.29, 1.82) is 0 Å². The van der Waals surface area contributed by atoms with Crippen molar-refractivity contribution in [3.8, 4) is 10.4 Å². The Hall–Kier alpha value is -1.88. The molecule has 4 nitrogen and oxygen atoms in total. The second-order valence-corrected chi connectivity index (χ2v) is 4.45. The largest absolute Gasteiger partial charge is 0.390 e. The lowest BCUT2D eigenvalue weighted by molar-refractivity contribution is 0.100. The van der Waals surface area contributed by atoms with Crippen LogP contribution in [0.1, 0.15) is 15.9 Å². The van der Waals surface area contributed by atoms with E-state index < -0.39 is 5.91 Å². The van der Waals surface area contributed by atoms with Gasteiger partial charge >= 0.3 is 0 Å². The maximum atomic E-state index is 11.2. The van der Waals surface area contributed by atoms with E-state index >= 15 is 0 Å². The van der Waals surface area contributed by atoms with Crippen LogP contribution in [0.5, 0.6) is 0 Å². The molecule has 16 heavy (non-hydrogen) atoms. The summed E-state index contributed by atoms with van der Waals surface area (Å²) in [6, 6.07) is 3.76. The Morgan fingerprint density at radius 2 is 2.00 bits per heavy atom. The summed E-state index contributed by atoms with van der Waals surface area (Å²) in [6.07, 6.45) is 3.41. The summed E-state index contributed by atoms with van der Waals surface area (Å²) in [5.41, 5.74) is 13.3. The highest BCUT2D eigenvalue weighted by atomic mass is 32.1. The van der Waals surface area contributed by atoms with Crippen LogP contribution in [0, 0.1) is 6.92 Å². The van der Waals surface area contributed by atoms with Crippen LogP contribution in [0.4, 0.5) is 5.00 Å². The van der Waals surface area contributed by atoms with Gasteiger partial charge in [0.1, 0.15) is 0 Å². The van der Waals surface area contributed by atoms with Gasteiger partial charge in [0.05, 0.1) is 10.6 Å². The molecule has 1 amide bonds. The van der Waals surface area contributed by atoms with Crippen molar-refractivity contribution in [3.05, 3.63) is 35.7 Å². The van der Waals surface area contributed by atoms with Gasteiger partial charge in [-0.3, -0.25) is 9.78 Å². The second kappa shape index (κ2) is 3.94. The van der Waals surface area contributed by atoms with E-state index in [0.29, 0.717) is 10.6 Å². The van der Waals surface area contributed by atoms with Crippen molar-refractivity contribution in [2.45, 2.75) is 6.92 Å². The van der Waals surface area contributed by atoms with E-state index in [1.807, 2.05) is 19.1 Å². The highest BCUT2D eigenvalue weighted by Crippen LogP contribution is 2.37. The topological polar surface area (TPSA) is 82.0 Å². The minimum Gasteiger partial charge on any atom is -0.390 e. The molecule has 0 aliphatic heterocycles. The van der Waals surface area contributed by atoms with Crippen LogP contribution in [0.2, 0.25) is 0 Å². The van der Waals surface area contributed by atoms with Crippen molar-refractivity contribution in [2.75, 3.05) is 5.73 Å². The molecule has 0 unspecified atom stereocenters. The maximum Gasteiger partial charge on any atom is 0.251 e. The molecule has 5 heteroatoms. The number of primary amides is 1. The smallest absolute Gasteiger partial charge is 0.251 e. The van der Waals surface area contributed by atoms with E-state index in [0.717, 1.165) is 16.0 Å². The van der Waals surface area contributed by atoms with Crippen LogP contribution in [0.25, 0.3) is 10.4 Å². The summed E-state index contributed by atoms with van der Waals surface area (Å²) in [5, 5.41) is 0.469. The molecule has 0 aliphatic carbocycles. The zero-order valence-corrected chi connectivity index (χ0v) is 9.54. The molecular weight excluding hydrogens is 222 g/mol. The van der Waals surface area contributed by atoms with Gasteiger partial charge in [0.2, 0.25) is 0 Å². The fourth-order valence-corrected chi connectivity index (χ4v) is 2.71. The van der Waals surface area contributed by atoms with Crippen LogP contribution >= 0.6 is 11.3 Å². The molecule has 0 fully saturated rings. The molecule has 0 saturated carbocycles. The van der Waals surface area contributed by atoms with Crippen LogP contribution in [0.3, 0.4) is 0 Å². The number of pyridine rings is 1. The number of nitrogens with zero attached hydrogens (tertiary/aromatic N) is 1. The SMILES string of the molecule is Cc1c(-c2ccncc2)sc(N)c1C(N)=O. The fourth-order valence-electron chi connectivity index (χ4n) is 1.62. The maximum absolute atomic E-state index is 11.2. The third kappa shape index (κ3) is 1.65. The van der Waals surface area contributed by atoms with Gasteiger partial charge < -0.3 is 11.5 Å². The first-order valence-electron chi connectivity index (χ1n) is 4.70. The number of nitrogens with two attached hydrogens (primary N) is 2. The predicted molar refractivity (Wildman–Crippen MR) is 65.2 cm³/mol. The molecule has 0 radical (unpaired) electrons. The molecule has 0 bridgehead atoms. The number of carbonyl (C=O) groups is 1. The number of rotatable bonds is 2. The first kappa shape index (κ1) is 10.6. The number of carbonyl (C=O) groups excluding carboxylic acids is 1. The monoisotopic (exact) mass is 233 g/mol. The van der Waals surface area contributed by atoms with Crippen LogP contribution in [-0.4, -0.2) is 10.9 Å². The number of hydrogen-bond donors (Lipinski definition) is 2. The standard InChI is InChI=1S/C11H11N3OS/c1-6-8(10(12)15)11(13)16-9(6)7-2-4-14-5-3-7/h2-5H,13H2,1H3,(H2,12,15). The lowest BCUT2D eigenvalue weighted by Gasteiger charge is -1.99. The van der Waals surface area contributed by atoms with Crippen LogP contribution in [-0.2, 0) is 0 Å². The number of thiophene rings is 1. The third-order valence-corrected chi connectivity index (χ3v) is 3.53. The number of hydrogen-bond acceptors (Lipinski definition) is 4. The van der Waals surface area contributed by atoms with E-state index in [9.17, 15) is 4.79 Å². The fraction of sp³-hybridized carbons (Fsp3) is 0.0909. The lowest BCUT2D eigenvalue weighted by Crippen LogP contribution is -2.13. The number of aromatic nitrogens is 1. The zero-order valence-electron chi connectivity index (χ0n) is 8.73. The Bertz CT molecular complexity index is 534. The molecule has 2 aromatic rings. The summed E-state index contributed by atoms with van der Waals surface area (Å²) in [4.78, 5) is 16.1. The highest BCUT2D eigenvalue weighted by molar-refractivity contribution is 7.19. The van der Waals surface area contributed by atoms with E-state index in [1.54, 1.807) is 12.4 Å². The molecular formula is C11H11N3OS. The molecule has 82 valence electrons. The molecule has 0 aromatic carbocycles. The van der Waals surface area contributed by atoms with E-state index in [2.05, 4.69) is 4.98 Å². The number of amides is 1. The average molecular weight is 233 g/mol. The average Bonchev–Trinajstić information content (AvgIpc) is 2.55. The van der Waals surface area contributed by atoms with Gasteiger partial charge in [0, 0.05) is 17.3 Å².